The van der Waals surface area contributed by atoms with Gasteiger partial charge < -0.3 is 5.32 Å². The highest BCUT2D eigenvalue weighted by Crippen LogP contribution is 2.19. The molecular formula is C13H16ClN3O. The number of fused-ring (bicyclic) bond motifs is 1. The van der Waals surface area contributed by atoms with Gasteiger partial charge in [-0.2, -0.15) is 0 Å². The van der Waals surface area contributed by atoms with Gasteiger partial charge in [0.05, 0.1) is 11.3 Å². The summed E-state index contributed by atoms with van der Waals surface area (Å²) < 4.78 is 1.73. The standard InChI is InChI=1S/C13H16ClN3O/c1-3-4-7-15-13(18)10-6-5-8-17-11(14)9(2)16-12(10)17/h5-6,8H,3-4,7H2,1-2H3,(H,15,18). The number of carbonyl (C=O) groups excluding carboxylic acids is 1. The largest absolute Gasteiger partial charge is 0.352 e. The van der Waals surface area contributed by atoms with Crippen molar-refractivity contribution in [2.45, 2.75) is 26.7 Å². The Morgan fingerprint density at radius 2 is 2.33 bits per heavy atom. The summed E-state index contributed by atoms with van der Waals surface area (Å²) in [6.07, 6.45) is 3.84. The molecule has 0 atom stereocenters. The van der Waals surface area contributed by atoms with Gasteiger partial charge in [0.2, 0.25) is 0 Å². The monoisotopic (exact) mass is 265 g/mol. The van der Waals surface area contributed by atoms with E-state index in [-0.39, 0.29) is 5.91 Å². The average molecular weight is 266 g/mol. The lowest BCUT2D eigenvalue weighted by molar-refractivity contribution is 0.0954. The van der Waals surface area contributed by atoms with Gasteiger partial charge in [0.1, 0.15) is 5.15 Å². The number of imidazole rings is 1. The first-order valence-corrected chi connectivity index (χ1v) is 6.44. The summed E-state index contributed by atoms with van der Waals surface area (Å²) in [5.41, 5.74) is 1.89. The predicted octanol–water partition coefficient (Wildman–Crippen LogP) is 2.83. The molecule has 0 radical (unpaired) electrons. The van der Waals surface area contributed by atoms with Gasteiger partial charge in [0.25, 0.3) is 5.91 Å². The molecule has 5 heteroatoms. The SMILES string of the molecule is CCCCNC(=O)c1cccn2c(Cl)c(C)nc12. The van der Waals surface area contributed by atoms with Crippen LogP contribution in [-0.4, -0.2) is 21.8 Å². The van der Waals surface area contributed by atoms with Gasteiger partial charge in [-0.25, -0.2) is 4.98 Å². The number of pyridine rings is 1. The van der Waals surface area contributed by atoms with Crippen LogP contribution in [0.4, 0.5) is 0 Å². The Morgan fingerprint density at radius 1 is 1.56 bits per heavy atom. The third kappa shape index (κ3) is 2.34. The molecule has 1 amide bonds. The van der Waals surface area contributed by atoms with E-state index >= 15 is 0 Å². The van der Waals surface area contributed by atoms with Crippen LogP contribution in [0.1, 0.15) is 35.8 Å². The lowest BCUT2D eigenvalue weighted by Gasteiger charge is -2.05. The maximum atomic E-state index is 12.0. The van der Waals surface area contributed by atoms with E-state index in [1.54, 1.807) is 22.7 Å². The van der Waals surface area contributed by atoms with Crippen molar-refractivity contribution in [1.29, 1.82) is 0 Å². The van der Waals surface area contributed by atoms with Crippen LogP contribution < -0.4 is 5.32 Å². The Bertz CT molecular complexity index is 577. The Morgan fingerprint density at radius 3 is 3.06 bits per heavy atom. The van der Waals surface area contributed by atoms with E-state index < -0.39 is 0 Å². The summed E-state index contributed by atoms with van der Waals surface area (Å²) in [7, 11) is 0. The summed E-state index contributed by atoms with van der Waals surface area (Å²) in [4.78, 5) is 16.4. The van der Waals surface area contributed by atoms with Gasteiger partial charge in [-0.15, -0.1) is 0 Å². The fraction of sp³-hybridized carbons (Fsp3) is 0.385. The Hall–Kier alpha value is -1.55. The van der Waals surface area contributed by atoms with Crippen molar-refractivity contribution in [3.8, 4) is 0 Å². The molecule has 0 saturated carbocycles. The molecule has 0 bridgehead atoms. The van der Waals surface area contributed by atoms with Gasteiger partial charge in [-0.3, -0.25) is 9.20 Å². The zero-order chi connectivity index (χ0) is 13.1. The van der Waals surface area contributed by atoms with Gasteiger partial charge in [0.15, 0.2) is 5.65 Å². The van der Waals surface area contributed by atoms with Crippen LogP contribution in [0.3, 0.4) is 0 Å². The molecule has 0 aliphatic rings. The molecule has 2 rings (SSSR count). The second-order valence-electron chi connectivity index (χ2n) is 4.21. The lowest BCUT2D eigenvalue weighted by atomic mass is 10.2. The molecule has 4 nitrogen and oxygen atoms in total. The number of carbonyl (C=O) groups is 1. The highest BCUT2D eigenvalue weighted by molar-refractivity contribution is 6.30. The number of aryl methyl sites for hydroxylation is 1. The van der Waals surface area contributed by atoms with Crippen molar-refractivity contribution >= 4 is 23.2 Å². The molecule has 2 aromatic rings. The minimum atomic E-state index is -0.101. The van der Waals surface area contributed by atoms with E-state index in [2.05, 4.69) is 17.2 Å². The Kier molecular flexibility index (Phi) is 3.87. The fourth-order valence-corrected chi connectivity index (χ4v) is 1.98. The molecule has 2 aromatic heterocycles. The number of rotatable bonds is 4. The van der Waals surface area contributed by atoms with E-state index in [1.165, 1.54) is 0 Å². The molecule has 2 heterocycles. The second kappa shape index (κ2) is 5.40. The average Bonchev–Trinajstić information content (AvgIpc) is 2.66. The minimum absolute atomic E-state index is 0.101. The number of unbranched alkanes of at least 4 members (excludes halogenated alkanes) is 1. The smallest absolute Gasteiger partial charge is 0.255 e. The molecule has 0 saturated heterocycles. The molecule has 0 aromatic carbocycles. The normalized spacial score (nSPS) is 10.8. The maximum absolute atomic E-state index is 12.0. The molecule has 96 valence electrons. The van der Waals surface area contributed by atoms with E-state index in [0.717, 1.165) is 18.5 Å². The quantitative estimate of drug-likeness (QED) is 0.864. The topological polar surface area (TPSA) is 46.4 Å². The van der Waals surface area contributed by atoms with Crippen LogP contribution in [0, 0.1) is 6.92 Å². The first-order valence-electron chi connectivity index (χ1n) is 6.06. The third-order valence-corrected chi connectivity index (χ3v) is 3.27. The summed E-state index contributed by atoms with van der Waals surface area (Å²) in [6, 6.07) is 3.56. The van der Waals surface area contributed by atoms with Gasteiger partial charge in [-0.05, 0) is 25.5 Å². The van der Waals surface area contributed by atoms with Gasteiger partial charge in [0, 0.05) is 12.7 Å². The number of hydrogen-bond acceptors (Lipinski definition) is 2. The van der Waals surface area contributed by atoms with E-state index in [9.17, 15) is 4.79 Å². The van der Waals surface area contributed by atoms with E-state index in [1.807, 2.05) is 6.92 Å². The van der Waals surface area contributed by atoms with Crippen LogP contribution in [0.2, 0.25) is 5.15 Å². The molecule has 0 unspecified atom stereocenters. The number of nitrogens with zero attached hydrogens (tertiary/aromatic N) is 2. The van der Waals surface area contributed by atoms with E-state index in [0.29, 0.717) is 22.9 Å². The fourth-order valence-electron chi connectivity index (χ4n) is 1.80. The molecule has 18 heavy (non-hydrogen) atoms. The van der Waals surface area contributed by atoms with Crippen LogP contribution in [0.15, 0.2) is 18.3 Å². The van der Waals surface area contributed by atoms with E-state index in [4.69, 9.17) is 11.6 Å². The Labute approximate surface area is 111 Å². The summed E-state index contributed by atoms with van der Waals surface area (Å²) in [6.45, 7) is 4.60. The zero-order valence-electron chi connectivity index (χ0n) is 10.5. The highest BCUT2D eigenvalue weighted by atomic mass is 35.5. The number of amides is 1. The maximum Gasteiger partial charge on any atom is 0.255 e. The van der Waals surface area contributed by atoms with Crippen molar-refractivity contribution in [3.05, 3.63) is 34.7 Å². The molecule has 0 spiro atoms. The van der Waals surface area contributed by atoms with Crippen molar-refractivity contribution in [1.82, 2.24) is 14.7 Å². The number of halogens is 1. The van der Waals surface area contributed by atoms with Crippen molar-refractivity contribution in [3.63, 3.8) is 0 Å². The zero-order valence-corrected chi connectivity index (χ0v) is 11.3. The number of aromatic nitrogens is 2. The summed E-state index contributed by atoms with van der Waals surface area (Å²) >= 11 is 6.11. The van der Waals surface area contributed by atoms with Crippen LogP contribution in [0.5, 0.6) is 0 Å². The second-order valence-corrected chi connectivity index (χ2v) is 4.57. The number of hydrogen-bond donors (Lipinski definition) is 1. The Balaban J connectivity index is 2.33. The molecule has 0 aliphatic carbocycles. The van der Waals surface area contributed by atoms with Crippen molar-refractivity contribution in [2.75, 3.05) is 6.54 Å². The first-order chi connectivity index (χ1) is 8.65. The highest BCUT2D eigenvalue weighted by Gasteiger charge is 2.14. The van der Waals surface area contributed by atoms with Crippen molar-refractivity contribution in [2.24, 2.45) is 0 Å². The van der Waals surface area contributed by atoms with Crippen LogP contribution in [0.25, 0.3) is 5.65 Å². The van der Waals surface area contributed by atoms with Gasteiger partial charge in [-0.1, -0.05) is 24.9 Å². The van der Waals surface area contributed by atoms with Crippen LogP contribution in [-0.2, 0) is 0 Å². The first kappa shape index (κ1) is 12.9. The number of nitrogens with one attached hydrogen (secondary N) is 1. The molecule has 0 aliphatic heterocycles. The van der Waals surface area contributed by atoms with Crippen molar-refractivity contribution < 1.29 is 4.79 Å². The predicted molar refractivity (Wildman–Crippen MR) is 72.2 cm³/mol. The third-order valence-electron chi connectivity index (χ3n) is 2.81. The molecule has 1 N–H and O–H groups in total. The molecule has 0 fully saturated rings. The molecular weight excluding hydrogens is 250 g/mol. The summed E-state index contributed by atoms with van der Waals surface area (Å²) in [5, 5.41) is 3.43. The lowest BCUT2D eigenvalue weighted by Crippen LogP contribution is -2.24. The van der Waals surface area contributed by atoms with Crippen LogP contribution >= 0.6 is 11.6 Å². The van der Waals surface area contributed by atoms with Gasteiger partial charge >= 0.3 is 0 Å². The summed E-state index contributed by atoms with van der Waals surface area (Å²) in [5.74, 6) is -0.101. The minimum Gasteiger partial charge on any atom is -0.352 e.